The van der Waals surface area contributed by atoms with E-state index in [-0.39, 0.29) is 6.61 Å². The molecule has 3 N–H and O–H groups in total. The van der Waals surface area contributed by atoms with Crippen LogP contribution in [0.1, 0.15) is 6.92 Å². The highest BCUT2D eigenvalue weighted by Crippen LogP contribution is 2.05. The van der Waals surface area contributed by atoms with Gasteiger partial charge in [0.1, 0.15) is 6.04 Å². The summed E-state index contributed by atoms with van der Waals surface area (Å²) in [6, 6.07) is -0.551. The van der Waals surface area contributed by atoms with Gasteiger partial charge in [-0.15, -0.1) is 0 Å². The lowest BCUT2D eigenvalue weighted by Crippen LogP contribution is -2.56. The molecule has 1 heterocycles. The SMILES string of the molecule is CCOCC(O)CN1CCNCC1C(=O)O. The maximum Gasteiger partial charge on any atom is 0.322 e. The van der Waals surface area contributed by atoms with Crippen molar-refractivity contribution in [3.63, 3.8) is 0 Å². The normalized spacial score (nSPS) is 24.2. The minimum Gasteiger partial charge on any atom is -0.480 e. The molecule has 6 nitrogen and oxygen atoms in total. The highest BCUT2D eigenvalue weighted by Gasteiger charge is 2.29. The van der Waals surface area contributed by atoms with Gasteiger partial charge >= 0.3 is 5.97 Å². The van der Waals surface area contributed by atoms with Crippen LogP contribution in [0.2, 0.25) is 0 Å². The van der Waals surface area contributed by atoms with Crippen LogP contribution in [-0.4, -0.2) is 72.6 Å². The highest BCUT2D eigenvalue weighted by atomic mass is 16.5. The number of aliphatic carboxylic acids is 1. The molecule has 0 radical (unpaired) electrons. The van der Waals surface area contributed by atoms with E-state index in [2.05, 4.69) is 5.32 Å². The van der Waals surface area contributed by atoms with E-state index >= 15 is 0 Å². The fourth-order valence-corrected chi connectivity index (χ4v) is 1.79. The van der Waals surface area contributed by atoms with Gasteiger partial charge in [-0.25, -0.2) is 0 Å². The van der Waals surface area contributed by atoms with Gasteiger partial charge in [0.05, 0.1) is 12.7 Å². The maximum atomic E-state index is 11.0. The Hall–Kier alpha value is -0.690. The van der Waals surface area contributed by atoms with E-state index in [0.29, 0.717) is 26.2 Å². The Morgan fingerprint density at radius 3 is 3.06 bits per heavy atom. The van der Waals surface area contributed by atoms with Crippen LogP contribution in [0, 0.1) is 0 Å². The number of ether oxygens (including phenoxy) is 1. The van der Waals surface area contributed by atoms with Crippen LogP contribution in [0.25, 0.3) is 0 Å². The molecule has 6 heteroatoms. The van der Waals surface area contributed by atoms with Crippen molar-refractivity contribution in [1.29, 1.82) is 0 Å². The summed E-state index contributed by atoms with van der Waals surface area (Å²) < 4.78 is 5.09. The van der Waals surface area contributed by atoms with Crippen molar-refractivity contribution >= 4 is 5.97 Å². The number of carboxylic acids is 1. The Bertz CT molecular complexity index is 225. The third-order valence-corrected chi connectivity index (χ3v) is 2.60. The van der Waals surface area contributed by atoms with Gasteiger partial charge in [0.15, 0.2) is 0 Å². The second kappa shape index (κ2) is 6.80. The van der Waals surface area contributed by atoms with Crippen LogP contribution in [-0.2, 0) is 9.53 Å². The summed E-state index contributed by atoms with van der Waals surface area (Å²) >= 11 is 0. The van der Waals surface area contributed by atoms with Crippen molar-refractivity contribution in [2.24, 2.45) is 0 Å². The minimum absolute atomic E-state index is 0.257. The Morgan fingerprint density at radius 2 is 2.44 bits per heavy atom. The summed E-state index contributed by atoms with van der Waals surface area (Å²) in [5.74, 6) is -0.851. The topological polar surface area (TPSA) is 82.0 Å². The van der Waals surface area contributed by atoms with Crippen molar-refractivity contribution in [3.8, 4) is 0 Å². The smallest absolute Gasteiger partial charge is 0.322 e. The van der Waals surface area contributed by atoms with E-state index in [0.717, 1.165) is 6.54 Å². The molecule has 2 atom stereocenters. The Kier molecular flexibility index (Phi) is 5.68. The number of piperazine rings is 1. The molecule has 2 unspecified atom stereocenters. The molecular formula is C10H20N2O4. The number of rotatable bonds is 6. The first-order valence-corrected chi connectivity index (χ1v) is 5.58. The van der Waals surface area contributed by atoms with E-state index in [1.807, 2.05) is 6.92 Å². The molecule has 0 saturated carbocycles. The fourth-order valence-electron chi connectivity index (χ4n) is 1.79. The molecule has 94 valence electrons. The molecule has 0 aromatic heterocycles. The zero-order chi connectivity index (χ0) is 12.0. The van der Waals surface area contributed by atoms with E-state index < -0.39 is 18.1 Å². The number of nitrogens with zero attached hydrogens (tertiary/aromatic N) is 1. The molecule has 1 aliphatic heterocycles. The fraction of sp³-hybridized carbons (Fsp3) is 0.900. The van der Waals surface area contributed by atoms with Crippen molar-refractivity contribution in [3.05, 3.63) is 0 Å². The molecule has 1 aliphatic rings. The molecule has 1 saturated heterocycles. The molecule has 0 aromatic carbocycles. The van der Waals surface area contributed by atoms with Crippen LogP contribution in [0.5, 0.6) is 0 Å². The second-order valence-electron chi connectivity index (χ2n) is 3.87. The van der Waals surface area contributed by atoms with Crippen molar-refractivity contribution in [1.82, 2.24) is 10.2 Å². The van der Waals surface area contributed by atoms with Crippen molar-refractivity contribution in [2.75, 3.05) is 39.4 Å². The third kappa shape index (κ3) is 4.05. The summed E-state index contributed by atoms with van der Waals surface area (Å²) in [4.78, 5) is 12.7. The number of carboxylic acid groups (broad SMARTS) is 1. The van der Waals surface area contributed by atoms with Crippen LogP contribution in [0.4, 0.5) is 0 Å². The number of carbonyl (C=O) groups is 1. The molecule has 0 bridgehead atoms. The largest absolute Gasteiger partial charge is 0.480 e. The first-order valence-electron chi connectivity index (χ1n) is 5.58. The molecule has 16 heavy (non-hydrogen) atoms. The van der Waals surface area contributed by atoms with Gasteiger partial charge in [-0.05, 0) is 6.92 Å². The Labute approximate surface area is 95.2 Å². The van der Waals surface area contributed by atoms with Crippen LogP contribution >= 0.6 is 0 Å². The summed E-state index contributed by atoms with van der Waals surface area (Å²) in [6.45, 7) is 4.84. The van der Waals surface area contributed by atoms with Gasteiger partial charge in [0.2, 0.25) is 0 Å². The Balaban J connectivity index is 2.39. The lowest BCUT2D eigenvalue weighted by molar-refractivity contribution is -0.144. The number of nitrogens with one attached hydrogen (secondary N) is 1. The zero-order valence-electron chi connectivity index (χ0n) is 9.56. The van der Waals surface area contributed by atoms with Crippen molar-refractivity contribution < 1.29 is 19.7 Å². The number of aliphatic hydroxyl groups is 1. The number of hydrogen-bond donors (Lipinski definition) is 3. The predicted octanol–water partition coefficient (Wildman–Crippen LogP) is -1.26. The van der Waals surface area contributed by atoms with Gasteiger partial charge in [-0.3, -0.25) is 9.69 Å². The first kappa shape index (κ1) is 13.4. The van der Waals surface area contributed by atoms with E-state index in [1.54, 1.807) is 4.90 Å². The predicted molar refractivity (Wildman–Crippen MR) is 58.4 cm³/mol. The van der Waals surface area contributed by atoms with E-state index in [9.17, 15) is 9.90 Å². The van der Waals surface area contributed by atoms with E-state index in [4.69, 9.17) is 9.84 Å². The summed E-state index contributed by atoms with van der Waals surface area (Å²) in [5, 5.41) is 21.7. The summed E-state index contributed by atoms with van der Waals surface area (Å²) in [7, 11) is 0. The molecule has 0 aliphatic carbocycles. The lowest BCUT2D eigenvalue weighted by atomic mass is 10.1. The minimum atomic E-state index is -0.851. The van der Waals surface area contributed by atoms with Gasteiger partial charge in [0.25, 0.3) is 0 Å². The molecule has 1 fully saturated rings. The van der Waals surface area contributed by atoms with Gasteiger partial charge in [0, 0.05) is 32.8 Å². The van der Waals surface area contributed by atoms with Gasteiger partial charge in [-0.1, -0.05) is 0 Å². The highest BCUT2D eigenvalue weighted by molar-refractivity contribution is 5.73. The molecule has 0 aromatic rings. The van der Waals surface area contributed by atoms with Gasteiger partial charge < -0.3 is 20.3 Å². The van der Waals surface area contributed by atoms with Crippen molar-refractivity contribution in [2.45, 2.75) is 19.1 Å². The van der Waals surface area contributed by atoms with E-state index in [1.165, 1.54) is 0 Å². The number of hydrogen-bond acceptors (Lipinski definition) is 5. The first-order chi connectivity index (χ1) is 7.65. The Morgan fingerprint density at radius 1 is 1.69 bits per heavy atom. The molecule has 0 amide bonds. The maximum absolute atomic E-state index is 11.0. The summed E-state index contributed by atoms with van der Waals surface area (Å²) in [6.07, 6.45) is -0.625. The molecule has 0 spiro atoms. The molecular weight excluding hydrogens is 212 g/mol. The number of aliphatic hydroxyl groups excluding tert-OH is 1. The monoisotopic (exact) mass is 232 g/mol. The average molecular weight is 232 g/mol. The summed E-state index contributed by atoms with van der Waals surface area (Å²) in [5.41, 5.74) is 0. The quantitative estimate of drug-likeness (QED) is 0.530. The van der Waals surface area contributed by atoms with Crippen LogP contribution in [0.3, 0.4) is 0 Å². The van der Waals surface area contributed by atoms with Gasteiger partial charge in [-0.2, -0.15) is 0 Å². The average Bonchev–Trinajstić information content (AvgIpc) is 2.27. The lowest BCUT2D eigenvalue weighted by Gasteiger charge is -2.34. The third-order valence-electron chi connectivity index (χ3n) is 2.60. The standard InChI is InChI=1S/C10H20N2O4/c1-2-16-7-8(13)6-12-4-3-11-5-9(12)10(14)15/h8-9,11,13H,2-7H2,1H3,(H,14,15). The molecule has 1 rings (SSSR count). The number of β-amino-alcohol motifs (C(OH)–C–C–N with tert-alkyl or cyclic N) is 1. The zero-order valence-corrected chi connectivity index (χ0v) is 9.56. The van der Waals surface area contributed by atoms with Crippen LogP contribution in [0.15, 0.2) is 0 Å². The van der Waals surface area contributed by atoms with Crippen LogP contribution < -0.4 is 5.32 Å². The second-order valence-corrected chi connectivity index (χ2v) is 3.87.